The minimum atomic E-state index is 0.0449. The molecule has 5 heteroatoms. The molecule has 1 saturated heterocycles. The van der Waals surface area contributed by atoms with Gasteiger partial charge < -0.3 is 4.74 Å². The molecule has 3 heterocycles. The SMILES string of the molecule is C=C(c1cnn(C2CCCCO2)c1)c1ccc(Cl)cn1. The van der Waals surface area contributed by atoms with Crippen LogP contribution in [0.3, 0.4) is 0 Å². The Bertz CT molecular complexity index is 600. The second-order valence-corrected chi connectivity index (χ2v) is 5.31. The number of pyridine rings is 1. The number of ether oxygens (including phenoxy) is 1. The predicted octanol–water partition coefficient (Wildman–Crippen LogP) is 3.69. The summed E-state index contributed by atoms with van der Waals surface area (Å²) in [5.41, 5.74) is 2.59. The summed E-state index contributed by atoms with van der Waals surface area (Å²) >= 11 is 5.84. The molecule has 2 aromatic heterocycles. The second-order valence-electron chi connectivity index (χ2n) is 4.87. The van der Waals surface area contributed by atoms with E-state index in [1.807, 2.05) is 23.0 Å². The first-order chi connectivity index (χ1) is 9.74. The van der Waals surface area contributed by atoms with E-state index in [2.05, 4.69) is 16.7 Å². The topological polar surface area (TPSA) is 39.9 Å². The molecule has 1 aliphatic rings. The minimum absolute atomic E-state index is 0.0449. The molecule has 104 valence electrons. The first kappa shape index (κ1) is 13.3. The molecule has 20 heavy (non-hydrogen) atoms. The minimum Gasteiger partial charge on any atom is -0.357 e. The Labute approximate surface area is 123 Å². The van der Waals surface area contributed by atoms with Crippen molar-refractivity contribution in [3.05, 3.63) is 53.6 Å². The van der Waals surface area contributed by atoms with Crippen LogP contribution in [-0.4, -0.2) is 21.4 Å². The van der Waals surface area contributed by atoms with Gasteiger partial charge in [0.15, 0.2) is 0 Å². The number of nitrogens with zero attached hydrogens (tertiary/aromatic N) is 3. The second kappa shape index (κ2) is 5.77. The molecular formula is C15H16ClN3O. The summed E-state index contributed by atoms with van der Waals surface area (Å²) in [5.74, 6) is 0. The maximum atomic E-state index is 5.84. The molecule has 0 aromatic carbocycles. The van der Waals surface area contributed by atoms with Crippen molar-refractivity contribution in [2.75, 3.05) is 6.61 Å². The van der Waals surface area contributed by atoms with Gasteiger partial charge >= 0.3 is 0 Å². The standard InChI is InChI=1S/C15H16ClN3O/c1-11(14-6-5-13(16)9-17-14)12-8-18-19(10-12)15-4-2-3-7-20-15/h5-6,8-10,15H,1-4,7H2. The van der Waals surface area contributed by atoms with E-state index in [4.69, 9.17) is 16.3 Å². The lowest BCUT2D eigenvalue weighted by atomic mass is 10.1. The number of hydrogen-bond donors (Lipinski definition) is 0. The molecule has 0 aliphatic carbocycles. The molecule has 0 bridgehead atoms. The third-order valence-electron chi connectivity index (χ3n) is 3.44. The van der Waals surface area contributed by atoms with Crippen molar-refractivity contribution in [2.45, 2.75) is 25.5 Å². The molecule has 4 nitrogen and oxygen atoms in total. The van der Waals surface area contributed by atoms with Crippen LogP contribution >= 0.6 is 11.6 Å². The lowest BCUT2D eigenvalue weighted by Crippen LogP contribution is -2.18. The summed E-state index contributed by atoms with van der Waals surface area (Å²) in [6.45, 7) is 4.89. The highest BCUT2D eigenvalue weighted by molar-refractivity contribution is 6.30. The Balaban J connectivity index is 1.78. The molecule has 1 fully saturated rings. The van der Waals surface area contributed by atoms with Gasteiger partial charge in [0.1, 0.15) is 6.23 Å². The molecule has 0 saturated carbocycles. The first-order valence-electron chi connectivity index (χ1n) is 6.71. The Morgan fingerprint density at radius 1 is 1.35 bits per heavy atom. The van der Waals surface area contributed by atoms with E-state index in [1.54, 1.807) is 12.4 Å². The fourth-order valence-corrected chi connectivity index (χ4v) is 2.40. The van der Waals surface area contributed by atoms with Gasteiger partial charge in [0.2, 0.25) is 0 Å². The normalized spacial score (nSPS) is 18.9. The van der Waals surface area contributed by atoms with E-state index in [9.17, 15) is 0 Å². The van der Waals surface area contributed by atoms with Gasteiger partial charge in [0.05, 0.1) is 16.9 Å². The first-order valence-corrected chi connectivity index (χ1v) is 7.09. The molecular weight excluding hydrogens is 274 g/mol. The van der Waals surface area contributed by atoms with E-state index in [-0.39, 0.29) is 6.23 Å². The predicted molar refractivity (Wildman–Crippen MR) is 78.5 cm³/mol. The van der Waals surface area contributed by atoms with Crippen LogP contribution < -0.4 is 0 Å². The van der Waals surface area contributed by atoms with Gasteiger partial charge in [-0.25, -0.2) is 4.68 Å². The fourth-order valence-electron chi connectivity index (χ4n) is 2.29. The van der Waals surface area contributed by atoms with Crippen LogP contribution in [0, 0.1) is 0 Å². The van der Waals surface area contributed by atoms with Gasteiger partial charge in [0.25, 0.3) is 0 Å². The van der Waals surface area contributed by atoms with Crippen LogP contribution in [0.1, 0.15) is 36.7 Å². The maximum Gasteiger partial charge on any atom is 0.150 e. The summed E-state index contributed by atoms with van der Waals surface area (Å²) < 4.78 is 7.59. The van der Waals surface area contributed by atoms with Crippen molar-refractivity contribution in [1.29, 1.82) is 0 Å². The van der Waals surface area contributed by atoms with Gasteiger partial charge in [-0.1, -0.05) is 18.2 Å². The Hall–Kier alpha value is -1.65. The van der Waals surface area contributed by atoms with E-state index in [0.29, 0.717) is 5.02 Å². The number of hydrogen-bond acceptors (Lipinski definition) is 3. The van der Waals surface area contributed by atoms with Crippen molar-refractivity contribution < 1.29 is 4.74 Å². The molecule has 0 amide bonds. The summed E-state index contributed by atoms with van der Waals surface area (Å²) in [6.07, 6.45) is 8.75. The average molecular weight is 290 g/mol. The number of aromatic nitrogens is 3. The third-order valence-corrected chi connectivity index (χ3v) is 3.66. The smallest absolute Gasteiger partial charge is 0.150 e. The monoisotopic (exact) mass is 289 g/mol. The Morgan fingerprint density at radius 3 is 2.95 bits per heavy atom. The lowest BCUT2D eigenvalue weighted by molar-refractivity contribution is -0.0394. The van der Waals surface area contributed by atoms with E-state index >= 15 is 0 Å². The van der Waals surface area contributed by atoms with Crippen LogP contribution in [0.5, 0.6) is 0 Å². The van der Waals surface area contributed by atoms with Gasteiger partial charge in [0, 0.05) is 30.1 Å². The van der Waals surface area contributed by atoms with E-state index in [1.165, 1.54) is 6.42 Å². The van der Waals surface area contributed by atoms with Crippen molar-refractivity contribution >= 4 is 17.2 Å². The van der Waals surface area contributed by atoms with Crippen molar-refractivity contribution in [3.63, 3.8) is 0 Å². The Morgan fingerprint density at radius 2 is 2.25 bits per heavy atom. The zero-order valence-corrected chi connectivity index (χ0v) is 11.9. The summed E-state index contributed by atoms with van der Waals surface area (Å²) in [5, 5.41) is 5.00. The van der Waals surface area contributed by atoms with Gasteiger partial charge in [-0.15, -0.1) is 0 Å². The van der Waals surface area contributed by atoms with Gasteiger partial charge in [-0.2, -0.15) is 5.10 Å². The third kappa shape index (κ3) is 2.76. The Kier molecular flexibility index (Phi) is 3.85. The fraction of sp³-hybridized carbons (Fsp3) is 0.333. The van der Waals surface area contributed by atoms with Crippen LogP contribution in [0.4, 0.5) is 0 Å². The molecule has 0 radical (unpaired) electrons. The van der Waals surface area contributed by atoms with Gasteiger partial charge in [-0.05, 0) is 31.4 Å². The van der Waals surface area contributed by atoms with Crippen LogP contribution in [0.2, 0.25) is 5.02 Å². The summed E-state index contributed by atoms with van der Waals surface area (Å²) in [6, 6.07) is 3.67. The average Bonchev–Trinajstić information content (AvgIpc) is 2.98. The number of halogens is 1. The lowest BCUT2D eigenvalue weighted by Gasteiger charge is -2.22. The van der Waals surface area contributed by atoms with E-state index in [0.717, 1.165) is 36.3 Å². The molecule has 1 atom stereocenters. The van der Waals surface area contributed by atoms with Crippen LogP contribution in [0.25, 0.3) is 5.57 Å². The van der Waals surface area contributed by atoms with Crippen LogP contribution in [0.15, 0.2) is 37.3 Å². The zero-order chi connectivity index (χ0) is 13.9. The zero-order valence-electron chi connectivity index (χ0n) is 11.1. The highest BCUT2D eigenvalue weighted by Crippen LogP contribution is 2.25. The molecule has 3 rings (SSSR count). The molecule has 0 spiro atoms. The highest BCUT2D eigenvalue weighted by Gasteiger charge is 2.17. The maximum absolute atomic E-state index is 5.84. The molecule has 2 aromatic rings. The highest BCUT2D eigenvalue weighted by atomic mass is 35.5. The molecule has 1 unspecified atom stereocenters. The quantitative estimate of drug-likeness (QED) is 0.865. The molecule has 0 N–H and O–H groups in total. The van der Waals surface area contributed by atoms with Crippen LogP contribution in [-0.2, 0) is 4.74 Å². The summed E-state index contributed by atoms with van der Waals surface area (Å²) in [4.78, 5) is 4.28. The van der Waals surface area contributed by atoms with E-state index < -0.39 is 0 Å². The largest absolute Gasteiger partial charge is 0.357 e. The van der Waals surface area contributed by atoms with Crippen molar-refractivity contribution in [1.82, 2.24) is 14.8 Å². The number of rotatable bonds is 3. The van der Waals surface area contributed by atoms with Crippen molar-refractivity contribution in [3.8, 4) is 0 Å². The molecule has 1 aliphatic heterocycles. The van der Waals surface area contributed by atoms with Crippen molar-refractivity contribution in [2.24, 2.45) is 0 Å². The van der Waals surface area contributed by atoms with Gasteiger partial charge in [-0.3, -0.25) is 4.98 Å². The summed E-state index contributed by atoms with van der Waals surface area (Å²) in [7, 11) is 0.